The van der Waals surface area contributed by atoms with E-state index in [1.54, 1.807) is 0 Å². The Kier molecular flexibility index (Phi) is 3.19. The third-order valence-electron chi connectivity index (χ3n) is 2.77. The molecular formula is C11H15NOS. The first-order valence-corrected chi connectivity index (χ1v) is 6.06. The highest BCUT2D eigenvalue weighted by atomic mass is 32.1. The van der Waals surface area contributed by atoms with Crippen LogP contribution in [0.25, 0.3) is 0 Å². The number of hydrogen-bond acceptors (Lipinski definition) is 2. The fourth-order valence-corrected chi connectivity index (χ4v) is 2.59. The van der Waals surface area contributed by atoms with Crippen molar-refractivity contribution in [2.24, 2.45) is 5.92 Å². The minimum Gasteiger partial charge on any atom is -0.351 e. The highest BCUT2D eigenvalue weighted by molar-refractivity contribution is 7.12. The molecule has 0 saturated heterocycles. The van der Waals surface area contributed by atoms with Gasteiger partial charge in [0.25, 0.3) is 5.91 Å². The van der Waals surface area contributed by atoms with Gasteiger partial charge in [0.1, 0.15) is 0 Å². The van der Waals surface area contributed by atoms with Crippen LogP contribution in [0.15, 0.2) is 17.5 Å². The number of hydrogen-bond donors (Lipinski definition) is 1. The first-order valence-electron chi connectivity index (χ1n) is 5.18. The summed E-state index contributed by atoms with van der Waals surface area (Å²) in [5, 5.41) is 4.93. The Bertz CT molecular complexity index is 288. The van der Waals surface area contributed by atoms with Crippen LogP contribution in [-0.4, -0.2) is 12.5 Å². The quantitative estimate of drug-likeness (QED) is 0.814. The van der Waals surface area contributed by atoms with Crippen molar-refractivity contribution in [3.63, 3.8) is 0 Å². The van der Waals surface area contributed by atoms with Crippen LogP contribution in [0.2, 0.25) is 0 Å². The molecule has 0 aliphatic heterocycles. The predicted molar refractivity (Wildman–Crippen MR) is 58.6 cm³/mol. The molecule has 0 spiro atoms. The van der Waals surface area contributed by atoms with E-state index in [-0.39, 0.29) is 5.91 Å². The van der Waals surface area contributed by atoms with Gasteiger partial charge < -0.3 is 5.32 Å². The zero-order valence-electron chi connectivity index (χ0n) is 8.16. The molecule has 1 aliphatic rings. The van der Waals surface area contributed by atoms with Crippen molar-refractivity contribution in [1.82, 2.24) is 5.32 Å². The van der Waals surface area contributed by atoms with Crippen molar-refractivity contribution in [1.29, 1.82) is 0 Å². The molecule has 1 saturated carbocycles. The second-order valence-electron chi connectivity index (χ2n) is 3.84. The predicted octanol–water partition coefficient (Wildman–Crippen LogP) is 2.67. The van der Waals surface area contributed by atoms with Crippen LogP contribution in [0.1, 0.15) is 35.4 Å². The van der Waals surface area contributed by atoms with Gasteiger partial charge in [0.15, 0.2) is 0 Å². The molecule has 0 atom stereocenters. The summed E-state index contributed by atoms with van der Waals surface area (Å²) in [5.74, 6) is 0.811. The van der Waals surface area contributed by atoms with Crippen molar-refractivity contribution in [3.8, 4) is 0 Å². The third kappa shape index (κ3) is 2.35. The molecule has 1 amide bonds. The smallest absolute Gasteiger partial charge is 0.261 e. The molecule has 2 rings (SSSR count). The van der Waals surface area contributed by atoms with E-state index in [1.165, 1.54) is 37.0 Å². The molecule has 0 bridgehead atoms. The van der Waals surface area contributed by atoms with Crippen LogP contribution in [0.3, 0.4) is 0 Å². The van der Waals surface area contributed by atoms with Crippen LogP contribution in [0.5, 0.6) is 0 Å². The molecule has 1 fully saturated rings. The van der Waals surface area contributed by atoms with E-state index in [2.05, 4.69) is 5.32 Å². The topological polar surface area (TPSA) is 29.1 Å². The van der Waals surface area contributed by atoms with E-state index < -0.39 is 0 Å². The normalized spacial score (nSPS) is 17.1. The lowest BCUT2D eigenvalue weighted by Crippen LogP contribution is -2.27. The molecule has 0 aromatic carbocycles. The van der Waals surface area contributed by atoms with Crippen molar-refractivity contribution in [2.75, 3.05) is 6.54 Å². The molecule has 2 nitrogen and oxygen atoms in total. The molecule has 0 radical (unpaired) electrons. The Balaban J connectivity index is 1.78. The van der Waals surface area contributed by atoms with Gasteiger partial charge in [-0.2, -0.15) is 0 Å². The van der Waals surface area contributed by atoms with Crippen molar-refractivity contribution in [3.05, 3.63) is 22.4 Å². The molecule has 1 aromatic rings. The van der Waals surface area contributed by atoms with Crippen molar-refractivity contribution >= 4 is 17.2 Å². The van der Waals surface area contributed by atoms with Crippen LogP contribution in [0.4, 0.5) is 0 Å². The summed E-state index contributed by atoms with van der Waals surface area (Å²) in [5.41, 5.74) is 0. The second-order valence-corrected chi connectivity index (χ2v) is 4.79. The highest BCUT2D eigenvalue weighted by Gasteiger charge is 2.16. The average Bonchev–Trinajstić information content (AvgIpc) is 2.87. The SMILES string of the molecule is O=C(NCC1CCCC1)c1cccs1. The molecule has 1 aliphatic carbocycles. The first kappa shape index (κ1) is 9.71. The van der Waals surface area contributed by atoms with Crippen LogP contribution in [-0.2, 0) is 0 Å². The van der Waals surface area contributed by atoms with Gasteiger partial charge in [-0.05, 0) is 30.2 Å². The summed E-state index contributed by atoms with van der Waals surface area (Å²) >= 11 is 1.50. The van der Waals surface area contributed by atoms with Crippen molar-refractivity contribution in [2.45, 2.75) is 25.7 Å². The monoisotopic (exact) mass is 209 g/mol. The number of carbonyl (C=O) groups is 1. The van der Waals surface area contributed by atoms with E-state index in [9.17, 15) is 4.79 Å². The molecule has 1 heterocycles. The molecule has 76 valence electrons. The van der Waals surface area contributed by atoms with E-state index in [4.69, 9.17) is 0 Å². The Hall–Kier alpha value is -0.830. The largest absolute Gasteiger partial charge is 0.351 e. The van der Waals surface area contributed by atoms with Gasteiger partial charge in [0.2, 0.25) is 0 Å². The molecule has 0 unspecified atom stereocenters. The summed E-state index contributed by atoms with van der Waals surface area (Å²) in [6.45, 7) is 0.858. The standard InChI is InChI=1S/C11H15NOS/c13-11(10-6-3-7-14-10)12-8-9-4-1-2-5-9/h3,6-7,9H,1-2,4-5,8H2,(H,12,13). The molecule has 14 heavy (non-hydrogen) atoms. The van der Waals surface area contributed by atoms with Gasteiger partial charge in [0.05, 0.1) is 4.88 Å². The lowest BCUT2D eigenvalue weighted by atomic mass is 10.1. The highest BCUT2D eigenvalue weighted by Crippen LogP contribution is 2.23. The number of rotatable bonds is 3. The Morgan fingerprint density at radius 1 is 1.50 bits per heavy atom. The van der Waals surface area contributed by atoms with Crippen LogP contribution >= 0.6 is 11.3 Å². The van der Waals surface area contributed by atoms with E-state index in [1.807, 2.05) is 17.5 Å². The van der Waals surface area contributed by atoms with Crippen molar-refractivity contribution < 1.29 is 4.79 Å². The molecule has 1 aromatic heterocycles. The lowest BCUT2D eigenvalue weighted by molar-refractivity contribution is 0.0951. The van der Waals surface area contributed by atoms with E-state index >= 15 is 0 Å². The van der Waals surface area contributed by atoms with Gasteiger partial charge in [-0.25, -0.2) is 0 Å². The van der Waals surface area contributed by atoms with E-state index in [0.717, 1.165) is 17.3 Å². The van der Waals surface area contributed by atoms with Gasteiger partial charge >= 0.3 is 0 Å². The van der Waals surface area contributed by atoms with Gasteiger partial charge in [-0.15, -0.1) is 11.3 Å². The lowest BCUT2D eigenvalue weighted by Gasteiger charge is -2.09. The summed E-state index contributed by atoms with van der Waals surface area (Å²) < 4.78 is 0. The van der Waals surface area contributed by atoms with E-state index in [0.29, 0.717) is 0 Å². The summed E-state index contributed by atoms with van der Waals surface area (Å²) in [4.78, 5) is 12.4. The van der Waals surface area contributed by atoms with Crippen LogP contribution < -0.4 is 5.32 Å². The summed E-state index contributed by atoms with van der Waals surface area (Å²) in [6, 6.07) is 3.78. The van der Waals surface area contributed by atoms with Gasteiger partial charge in [0, 0.05) is 6.54 Å². The minimum absolute atomic E-state index is 0.0897. The maximum Gasteiger partial charge on any atom is 0.261 e. The fraction of sp³-hybridized carbons (Fsp3) is 0.545. The fourth-order valence-electron chi connectivity index (χ4n) is 1.95. The number of thiophene rings is 1. The summed E-state index contributed by atoms with van der Waals surface area (Å²) in [7, 11) is 0. The molecular weight excluding hydrogens is 194 g/mol. The Morgan fingerprint density at radius 3 is 2.93 bits per heavy atom. The first-order chi connectivity index (χ1) is 6.86. The maximum atomic E-state index is 11.6. The molecule has 3 heteroatoms. The Morgan fingerprint density at radius 2 is 2.29 bits per heavy atom. The minimum atomic E-state index is 0.0897. The summed E-state index contributed by atoms with van der Waals surface area (Å²) in [6.07, 6.45) is 5.23. The van der Waals surface area contributed by atoms with Gasteiger partial charge in [-0.1, -0.05) is 18.9 Å². The number of amides is 1. The third-order valence-corrected chi connectivity index (χ3v) is 3.64. The Labute approximate surface area is 88.3 Å². The average molecular weight is 209 g/mol. The number of carbonyl (C=O) groups excluding carboxylic acids is 1. The van der Waals surface area contributed by atoms with Gasteiger partial charge in [-0.3, -0.25) is 4.79 Å². The number of nitrogens with one attached hydrogen (secondary N) is 1. The maximum absolute atomic E-state index is 11.6. The van der Waals surface area contributed by atoms with Crippen LogP contribution in [0, 0.1) is 5.92 Å². The second kappa shape index (κ2) is 4.60. The zero-order chi connectivity index (χ0) is 9.80. The zero-order valence-corrected chi connectivity index (χ0v) is 8.98. The molecule has 1 N–H and O–H groups in total.